The summed E-state index contributed by atoms with van der Waals surface area (Å²) in [7, 11) is 0. The topological polar surface area (TPSA) is 49.3 Å². The Morgan fingerprint density at radius 3 is 2.12 bits per heavy atom. The van der Waals surface area contributed by atoms with E-state index in [1.54, 1.807) is 0 Å². The first-order valence-corrected chi connectivity index (χ1v) is 8.66. The lowest BCUT2D eigenvalue weighted by Crippen LogP contribution is -2.37. The number of hydrogen-bond acceptors (Lipinski definition) is 2. The second kappa shape index (κ2) is 9.23. The van der Waals surface area contributed by atoms with Gasteiger partial charge in [-0.05, 0) is 41.0 Å². The Hall–Kier alpha value is -3.02. The zero-order valence-electron chi connectivity index (χ0n) is 15.7. The SMILES string of the molecule is O=C(/C=C/c1ccc(CO)c(C(F)(F)F)c1)NC(c1cccc(C(F)(F)F)c1)C(F)(F)F. The second-order valence-corrected chi connectivity index (χ2v) is 6.51. The number of hydrogen-bond donors (Lipinski definition) is 2. The Balaban J connectivity index is 2.28. The molecule has 32 heavy (non-hydrogen) atoms. The van der Waals surface area contributed by atoms with Gasteiger partial charge in [0, 0.05) is 6.08 Å². The van der Waals surface area contributed by atoms with Gasteiger partial charge in [-0.25, -0.2) is 0 Å². The van der Waals surface area contributed by atoms with Gasteiger partial charge in [0.1, 0.15) is 0 Å². The molecular formula is C20H14F9NO2. The number of carbonyl (C=O) groups excluding carboxylic acids is 1. The number of aliphatic hydroxyl groups is 1. The molecule has 2 aromatic rings. The number of amides is 1. The molecule has 0 saturated heterocycles. The summed E-state index contributed by atoms with van der Waals surface area (Å²) < 4.78 is 117. The highest BCUT2D eigenvalue weighted by Crippen LogP contribution is 2.36. The fraction of sp³-hybridized carbons (Fsp3) is 0.250. The molecule has 2 aromatic carbocycles. The van der Waals surface area contributed by atoms with Crippen LogP contribution in [0.2, 0.25) is 0 Å². The average molecular weight is 471 g/mol. The molecular weight excluding hydrogens is 457 g/mol. The lowest BCUT2D eigenvalue weighted by molar-refractivity contribution is -0.162. The van der Waals surface area contributed by atoms with E-state index in [0.29, 0.717) is 18.2 Å². The Bertz CT molecular complexity index is 992. The van der Waals surface area contributed by atoms with Gasteiger partial charge in [0.05, 0.1) is 17.7 Å². The molecule has 0 aliphatic rings. The fourth-order valence-corrected chi connectivity index (χ4v) is 2.71. The predicted octanol–water partition coefficient (Wildman–Crippen LogP) is 5.65. The van der Waals surface area contributed by atoms with Crippen molar-refractivity contribution < 1.29 is 49.4 Å². The molecule has 0 bridgehead atoms. The first-order valence-electron chi connectivity index (χ1n) is 8.66. The monoisotopic (exact) mass is 471 g/mol. The highest BCUT2D eigenvalue weighted by molar-refractivity contribution is 5.92. The second-order valence-electron chi connectivity index (χ2n) is 6.51. The van der Waals surface area contributed by atoms with Gasteiger partial charge in [-0.3, -0.25) is 4.79 Å². The molecule has 174 valence electrons. The summed E-state index contributed by atoms with van der Waals surface area (Å²) in [6.07, 6.45) is -13.6. The van der Waals surface area contributed by atoms with Gasteiger partial charge in [0.2, 0.25) is 5.91 Å². The molecule has 1 unspecified atom stereocenters. The van der Waals surface area contributed by atoms with Crippen molar-refractivity contribution in [2.45, 2.75) is 31.2 Å². The molecule has 0 radical (unpaired) electrons. The number of carbonyl (C=O) groups is 1. The number of nitrogens with one attached hydrogen (secondary N) is 1. The summed E-state index contributed by atoms with van der Waals surface area (Å²) in [5, 5.41) is 10.5. The Morgan fingerprint density at radius 2 is 1.59 bits per heavy atom. The van der Waals surface area contributed by atoms with Crippen molar-refractivity contribution in [3.8, 4) is 0 Å². The summed E-state index contributed by atoms with van der Waals surface area (Å²) in [6, 6.07) is 2.13. The minimum Gasteiger partial charge on any atom is -0.392 e. The molecule has 2 N–H and O–H groups in total. The summed E-state index contributed by atoms with van der Waals surface area (Å²) in [5.41, 5.74) is -4.06. The third-order valence-corrected chi connectivity index (χ3v) is 4.20. The van der Waals surface area contributed by atoms with Crippen LogP contribution in [-0.4, -0.2) is 17.2 Å². The number of rotatable bonds is 5. The molecule has 0 aliphatic carbocycles. The van der Waals surface area contributed by atoms with Crippen LogP contribution in [0.25, 0.3) is 6.08 Å². The van der Waals surface area contributed by atoms with E-state index in [2.05, 4.69) is 0 Å². The van der Waals surface area contributed by atoms with E-state index in [0.717, 1.165) is 30.3 Å². The van der Waals surface area contributed by atoms with E-state index in [4.69, 9.17) is 5.11 Å². The molecule has 0 spiro atoms. The summed E-state index contributed by atoms with van der Waals surface area (Å²) in [6.45, 7) is -0.913. The van der Waals surface area contributed by atoms with E-state index >= 15 is 0 Å². The maximum absolute atomic E-state index is 13.4. The van der Waals surface area contributed by atoms with Gasteiger partial charge in [-0.2, -0.15) is 39.5 Å². The van der Waals surface area contributed by atoms with Crippen molar-refractivity contribution in [2.24, 2.45) is 0 Å². The molecule has 1 atom stereocenters. The van der Waals surface area contributed by atoms with Crippen molar-refractivity contribution in [1.82, 2.24) is 5.32 Å². The van der Waals surface area contributed by atoms with Crippen LogP contribution in [0.5, 0.6) is 0 Å². The van der Waals surface area contributed by atoms with Gasteiger partial charge in [0.25, 0.3) is 0 Å². The zero-order chi connectivity index (χ0) is 24.3. The molecule has 0 heterocycles. The number of halogens is 9. The molecule has 0 aromatic heterocycles. The minimum absolute atomic E-state index is 0.202. The summed E-state index contributed by atoms with van der Waals surface area (Å²) in [4.78, 5) is 12.0. The Morgan fingerprint density at radius 1 is 0.938 bits per heavy atom. The molecule has 3 nitrogen and oxygen atoms in total. The molecule has 1 amide bonds. The minimum atomic E-state index is -5.15. The maximum Gasteiger partial charge on any atom is 0.416 e. The highest BCUT2D eigenvalue weighted by Gasteiger charge is 2.42. The van der Waals surface area contributed by atoms with Crippen molar-refractivity contribution >= 4 is 12.0 Å². The Labute approximate surface area is 175 Å². The fourth-order valence-electron chi connectivity index (χ4n) is 2.71. The highest BCUT2D eigenvalue weighted by atomic mass is 19.4. The smallest absolute Gasteiger partial charge is 0.392 e. The number of benzene rings is 2. The Kier molecular flexibility index (Phi) is 7.28. The van der Waals surface area contributed by atoms with Crippen LogP contribution < -0.4 is 5.32 Å². The van der Waals surface area contributed by atoms with E-state index in [1.165, 1.54) is 5.32 Å². The molecule has 0 aliphatic heterocycles. The van der Waals surface area contributed by atoms with Crippen LogP contribution in [0, 0.1) is 0 Å². The van der Waals surface area contributed by atoms with Crippen LogP contribution in [0.4, 0.5) is 39.5 Å². The lowest BCUT2D eigenvalue weighted by atomic mass is 10.0. The summed E-state index contributed by atoms with van der Waals surface area (Å²) >= 11 is 0. The van der Waals surface area contributed by atoms with Gasteiger partial charge in [0.15, 0.2) is 6.04 Å². The summed E-state index contributed by atoms with van der Waals surface area (Å²) in [5.74, 6) is -1.40. The van der Waals surface area contributed by atoms with Gasteiger partial charge in [-0.15, -0.1) is 0 Å². The molecule has 0 saturated carbocycles. The molecule has 0 fully saturated rings. The molecule has 12 heteroatoms. The van der Waals surface area contributed by atoms with Gasteiger partial charge < -0.3 is 10.4 Å². The quantitative estimate of drug-likeness (QED) is 0.438. The van der Waals surface area contributed by atoms with Crippen LogP contribution in [0.1, 0.15) is 33.9 Å². The van der Waals surface area contributed by atoms with Crippen molar-refractivity contribution in [1.29, 1.82) is 0 Å². The van der Waals surface area contributed by atoms with Crippen LogP contribution in [-0.2, 0) is 23.8 Å². The van der Waals surface area contributed by atoms with Gasteiger partial charge in [-0.1, -0.05) is 24.3 Å². The normalized spacial score (nSPS) is 13.9. The predicted molar refractivity (Wildman–Crippen MR) is 94.8 cm³/mol. The van der Waals surface area contributed by atoms with E-state index in [9.17, 15) is 44.3 Å². The third kappa shape index (κ3) is 6.49. The maximum atomic E-state index is 13.4. The standard InChI is InChI=1S/C20H14F9NO2/c21-18(22,23)14-3-1-2-12(9-14)17(20(27,28)29)30-16(32)7-5-11-4-6-13(10-31)15(8-11)19(24,25)26/h1-9,17,31H,10H2,(H,30,32)/b7-5+. The zero-order valence-corrected chi connectivity index (χ0v) is 15.7. The van der Waals surface area contributed by atoms with Crippen LogP contribution in [0.15, 0.2) is 48.5 Å². The van der Waals surface area contributed by atoms with Crippen molar-refractivity contribution in [3.63, 3.8) is 0 Å². The van der Waals surface area contributed by atoms with Crippen molar-refractivity contribution in [3.05, 3.63) is 76.4 Å². The number of aliphatic hydroxyl groups excluding tert-OH is 1. The lowest BCUT2D eigenvalue weighted by Gasteiger charge is -2.22. The van der Waals surface area contributed by atoms with Gasteiger partial charge >= 0.3 is 18.5 Å². The average Bonchev–Trinajstić information content (AvgIpc) is 2.68. The number of alkyl halides is 9. The first kappa shape index (κ1) is 25.2. The van der Waals surface area contributed by atoms with Crippen molar-refractivity contribution in [2.75, 3.05) is 0 Å². The van der Waals surface area contributed by atoms with Crippen LogP contribution >= 0.6 is 0 Å². The van der Waals surface area contributed by atoms with E-state index in [1.807, 2.05) is 0 Å². The third-order valence-electron chi connectivity index (χ3n) is 4.20. The van der Waals surface area contributed by atoms with E-state index in [-0.39, 0.29) is 11.6 Å². The van der Waals surface area contributed by atoms with Crippen LogP contribution in [0.3, 0.4) is 0 Å². The van der Waals surface area contributed by atoms with E-state index < -0.39 is 59.3 Å². The first-order chi connectivity index (χ1) is 14.6. The largest absolute Gasteiger partial charge is 0.416 e. The molecule has 2 rings (SSSR count).